The van der Waals surface area contributed by atoms with Crippen molar-refractivity contribution in [2.24, 2.45) is 5.92 Å². The van der Waals surface area contributed by atoms with Crippen LogP contribution in [0.3, 0.4) is 0 Å². The number of hydrogen-bond donors (Lipinski definition) is 2. The Balaban J connectivity index is 1.77. The Morgan fingerprint density at radius 1 is 1.20 bits per heavy atom. The van der Waals surface area contributed by atoms with Gasteiger partial charge in [0.25, 0.3) is 0 Å². The van der Waals surface area contributed by atoms with Crippen LogP contribution in [0.4, 0.5) is 5.69 Å². The third kappa shape index (κ3) is 2.49. The van der Waals surface area contributed by atoms with Crippen LogP contribution in [0.1, 0.15) is 45.4 Å². The van der Waals surface area contributed by atoms with Gasteiger partial charge in [0.15, 0.2) is 0 Å². The Morgan fingerprint density at radius 2 is 1.96 bits per heavy atom. The summed E-state index contributed by atoms with van der Waals surface area (Å²) in [5, 5.41) is 12.8. The zero-order chi connectivity index (χ0) is 17.6. The second-order valence-corrected chi connectivity index (χ2v) is 6.78. The van der Waals surface area contributed by atoms with E-state index in [2.05, 4.69) is 36.5 Å². The molecule has 0 bridgehead atoms. The van der Waals surface area contributed by atoms with Crippen LogP contribution in [-0.2, 0) is 0 Å². The van der Waals surface area contributed by atoms with Gasteiger partial charge < -0.3 is 15.2 Å². The van der Waals surface area contributed by atoms with E-state index in [0.29, 0.717) is 17.4 Å². The maximum absolute atomic E-state index is 11.1. The largest absolute Gasteiger partial charge is 0.496 e. The van der Waals surface area contributed by atoms with E-state index in [1.165, 1.54) is 5.56 Å². The summed E-state index contributed by atoms with van der Waals surface area (Å²) in [5.41, 5.74) is 4.92. The zero-order valence-corrected chi connectivity index (χ0v) is 14.3. The van der Waals surface area contributed by atoms with Gasteiger partial charge in [-0.2, -0.15) is 0 Å². The molecule has 1 aliphatic carbocycles. The van der Waals surface area contributed by atoms with Crippen LogP contribution in [0.15, 0.2) is 48.6 Å². The number of anilines is 1. The summed E-state index contributed by atoms with van der Waals surface area (Å²) in [6.07, 6.45) is 5.52. The number of methoxy groups -OCH3 is 1. The Bertz CT molecular complexity index is 854. The van der Waals surface area contributed by atoms with Crippen LogP contribution in [0.5, 0.6) is 5.75 Å². The molecule has 0 saturated carbocycles. The highest BCUT2D eigenvalue weighted by Crippen LogP contribution is 2.53. The summed E-state index contributed by atoms with van der Waals surface area (Å²) >= 11 is 0. The number of carboxylic acids is 1. The lowest BCUT2D eigenvalue weighted by molar-refractivity contribution is 0.0697. The molecule has 0 amide bonds. The predicted octanol–water partition coefficient (Wildman–Crippen LogP) is 4.53. The van der Waals surface area contributed by atoms with Crippen molar-refractivity contribution in [3.8, 4) is 5.75 Å². The van der Waals surface area contributed by atoms with Gasteiger partial charge in [0.1, 0.15) is 5.75 Å². The molecular formula is C21H21NO3. The van der Waals surface area contributed by atoms with E-state index in [-0.39, 0.29) is 6.04 Å². The molecule has 2 aromatic carbocycles. The zero-order valence-electron chi connectivity index (χ0n) is 14.3. The first kappa shape index (κ1) is 15.8. The number of benzene rings is 2. The summed E-state index contributed by atoms with van der Waals surface area (Å²) in [6.45, 7) is 2.07. The lowest BCUT2D eigenvalue weighted by Gasteiger charge is -2.38. The fourth-order valence-corrected chi connectivity index (χ4v) is 4.20. The molecule has 1 aliphatic heterocycles. The van der Waals surface area contributed by atoms with Gasteiger partial charge in [-0.25, -0.2) is 4.79 Å². The standard InChI is InChI=1S/C21H21NO3/c1-12-6-11-17-18(20(12)25-2)15-4-3-5-16(15)19(22-17)13-7-9-14(10-8-13)21(23)24/h3-4,6-11,15-16,19,22H,5H2,1-2H3,(H,23,24)/t15-,16+,19+/m1/s1. The van der Waals surface area contributed by atoms with Crippen molar-refractivity contribution in [3.05, 3.63) is 70.8 Å². The molecule has 4 heteroatoms. The molecule has 1 heterocycles. The molecule has 0 radical (unpaired) electrons. The normalized spacial score (nSPS) is 23.5. The van der Waals surface area contributed by atoms with E-state index >= 15 is 0 Å². The van der Waals surface area contributed by atoms with Crippen molar-refractivity contribution in [2.75, 3.05) is 12.4 Å². The highest BCUT2D eigenvalue weighted by Gasteiger charge is 2.39. The highest BCUT2D eigenvalue weighted by molar-refractivity contribution is 5.87. The van der Waals surface area contributed by atoms with Crippen molar-refractivity contribution in [1.29, 1.82) is 0 Å². The van der Waals surface area contributed by atoms with E-state index in [9.17, 15) is 4.79 Å². The Morgan fingerprint density at radius 3 is 2.64 bits per heavy atom. The number of carbonyl (C=O) groups is 1. The topological polar surface area (TPSA) is 58.6 Å². The number of carboxylic acid groups (broad SMARTS) is 1. The maximum atomic E-state index is 11.1. The third-order valence-corrected chi connectivity index (χ3v) is 5.40. The summed E-state index contributed by atoms with van der Waals surface area (Å²) in [6, 6.07) is 11.6. The second kappa shape index (κ2) is 5.96. The lowest BCUT2D eigenvalue weighted by Crippen LogP contribution is -2.29. The first-order chi connectivity index (χ1) is 12.1. The van der Waals surface area contributed by atoms with Crippen molar-refractivity contribution < 1.29 is 14.6 Å². The number of allylic oxidation sites excluding steroid dienone is 2. The van der Waals surface area contributed by atoms with Crippen LogP contribution in [-0.4, -0.2) is 18.2 Å². The number of nitrogens with one attached hydrogen (secondary N) is 1. The Kier molecular flexibility index (Phi) is 3.75. The first-order valence-electron chi connectivity index (χ1n) is 8.54. The van der Waals surface area contributed by atoms with Crippen LogP contribution >= 0.6 is 0 Å². The van der Waals surface area contributed by atoms with Crippen LogP contribution in [0.2, 0.25) is 0 Å². The molecule has 25 heavy (non-hydrogen) atoms. The number of rotatable bonds is 3. The van der Waals surface area contributed by atoms with Gasteiger partial charge in [-0.15, -0.1) is 0 Å². The molecular weight excluding hydrogens is 314 g/mol. The fourth-order valence-electron chi connectivity index (χ4n) is 4.20. The van der Waals surface area contributed by atoms with Crippen LogP contribution < -0.4 is 10.1 Å². The summed E-state index contributed by atoms with van der Waals surface area (Å²) in [4.78, 5) is 11.1. The molecule has 4 nitrogen and oxygen atoms in total. The van der Waals surface area contributed by atoms with Gasteiger partial charge in [0, 0.05) is 17.2 Å². The molecule has 0 saturated heterocycles. The van der Waals surface area contributed by atoms with Gasteiger partial charge in [-0.3, -0.25) is 0 Å². The third-order valence-electron chi connectivity index (χ3n) is 5.40. The molecule has 0 spiro atoms. The van der Waals surface area contributed by atoms with Crippen molar-refractivity contribution in [1.82, 2.24) is 0 Å². The van der Waals surface area contributed by atoms with Gasteiger partial charge in [0.05, 0.1) is 18.7 Å². The van der Waals surface area contributed by atoms with Gasteiger partial charge in [-0.05, 0) is 48.6 Å². The summed E-state index contributed by atoms with van der Waals surface area (Å²) < 4.78 is 5.70. The number of aryl methyl sites for hydroxylation is 1. The molecule has 2 aliphatic rings. The average Bonchev–Trinajstić information content (AvgIpc) is 3.11. The van der Waals surface area contributed by atoms with Crippen LogP contribution in [0, 0.1) is 12.8 Å². The minimum Gasteiger partial charge on any atom is -0.496 e. The van der Waals surface area contributed by atoms with E-state index < -0.39 is 5.97 Å². The fraction of sp³-hybridized carbons (Fsp3) is 0.286. The van der Waals surface area contributed by atoms with E-state index in [4.69, 9.17) is 9.84 Å². The monoisotopic (exact) mass is 335 g/mol. The second-order valence-electron chi connectivity index (χ2n) is 6.78. The van der Waals surface area contributed by atoms with Gasteiger partial charge in [-0.1, -0.05) is 30.4 Å². The number of fused-ring (bicyclic) bond motifs is 3. The number of hydrogen-bond acceptors (Lipinski definition) is 3. The Hall–Kier alpha value is -2.75. The van der Waals surface area contributed by atoms with E-state index in [0.717, 1.165) is 29.0 Å². The summed E-state index contributed by atoms with van der Waals surface area (Å²) in [7, 11) is 1.73. The molecule has 128 valence electrons. The molecule has 2 N–H and O–H groups in total. The maximum Gasteiger partial charge on any atom is 0.335 e. The predicted molar refractivity (Wildman–Crippen MR) is 97.5 cm³/mol. The summed E-state index contributed by atoms with van der Waals surface area (Å²) in [5.74, 6) is 0.787. The Labute approximate surface area is 147 Å². The molecule has 0 fully saturated rings. The SMILES string of the molecule is COc1c(C)ccc2c1[C@@H]1C=CC[C@@H]1[C@H](c1ccc(C(=O)O)cc1)N2. The van der Waals surface area contributed by atoms with Crippen LogP contribution in [0.25, 0.3) is 0 Å². The average molecular weight is 335 g/mol. The highest BCUT2D eigenvalue weighted by atomic mass is 16.5. The van der Waals surface area contributed by atoms with Gasteiger partial charge >= 0.3 is 5.97 Å². The molecule has 0 aromatic heterocycles. The molecule has 4 rings (SSSR count). The van der Waals surface area contributed by atoms with Crippen molar-refractivity contribution >= 4 is 11.7 Å². The molecule has 0 unspecified atom stereocenters. The van der Waals surface area contributed by atoms with Gasteiger partial charge in [0.2, 0.25) is 0 Å². The first-order valence-corrected chi connectivity index (χ1v) is 8.54. The quantitative estimate of drug-likeness (QED) is 0.809. The smallest absolute Gasteiger partial charge is 0.335 e. The van der Waals surface area contributed by atoms with Crippen molar-refractivity contribution in [3.63, 3.8) is 0 Å². The number of aromatic carboxylic acids is 1. The van der Waals surface area contributed by atoms with E-state index in [1.54, 1.807) is 19.2 Å². The molecule has 3 atom stereocenters. The van der Waals surface area contributed by atoms with Crippen molar-refractivity contribution in [2.45, 2.75) is 25.3 Å². The van der Waals surface area contributed by atoms with E-state index in [1.807, 2.05) is 12.1 Å². The lowest BCUT2D eigenvalue weighted by atomic mass is 9.76. The minimum atomic E-state index is -0.894. The minimum absolute atomic E-state index is 0.155. The molecule has 2 aromatic rings. The number of ether oxygens (including phenoxy) is 1.